The van der Waals surface area contributed by atoms with Crippen molar-refractivity contribution in [1.82, 2.24) is 5.32 Å². The Morgan fingerprint density at radius 2 is 1.81 bits per heavy atom. The lowest BCUT2D eigenvalue weighted by Crippen LogP contribution is -2.44. The molecule has 0 aliphatic rings. The second-order valence-electron chi connectivity index (χ2n) is 4.72. The van der Waals surface area contributed by atoms with E-state index in [4.69, 9.17) is 23.2 Å². The molecule has 0 aliphatic carbocycles. The summed E-state index contributed by atoms with van der Waals surface area (Å²) in [5.41, 5.74) is 0.551. The van der Waals surface area contributed by atoms with E-state index in [0.29, 0.717) is 15.6 Å². The van der Waals surface area contributed by atoms with E-state index in [2.05, 4.69) is 10.1 Å². The summed E-state index contributed by atoms with van der Waals surface area (Å²) in [7, 11) is 1.28. The van der Waals surface area contributed by atoms with Crippen molar-refractivity contribution in [2.24, 2.45) is 5.92 Å². The van der Waals surface area contributed by atoms with Crippen LogP contribution in [0.3, 0.4) is 0 Å². The maximum absolute atomic E-state index is 11.9. The topological polar surface area (TPSA) is 55.4 Å². The molecule has 0 saturated carbocycles. The normalized spacial score (nSPS) is 12.5. The summed E-state index contributed by atoms with van der Waals surface area (Å²) >= 11 is 12.0. The molecule has 1 N–H and O–H groups in total. The van der Waals surface area contributed by atoms with Crippen molar-refractivity contribution in [3.05, 3.63) is 39.9 Å². The summed E-state index contributed by atoms with van der Waals surface area (Å²) in [5.74, 6) is -0.990. The quantitative estimate of drug-likeness (QED) is 0.666. The van der Waals surface area contributed by atoms with Crippen molar-refractivity contribution < 1.29 is 14.3 Å². The smallest absolute Gasteiger partial charge is 0.328 e. The molecule has 0 aromatic heterocycles. The van der Waals surface area contributed by atoms with Crippen molar-refractivity contribution >= 4 is 41.2 Å². The van der Waals surface area contributed by atoms with Crippen LogP contribution >= 0.6 is 23.2 Å². The lowest BCUT2D eigenvalue weighted by Gasteiger charge is -2.18. The highest BCUT2D eigenvalue weighted by molar-refractivity contribution is 6.37. The molecule has 1 amide bonds. The van der Waals surface area contributed by atoms with Gasteiger partial charge in [0.15, 0.2) is 0 Å². The maximum atomic E-state index is 11.9. The minimum Gasteiger partial charge on any atom is -0.467 e. The van der Waals surface area contributed by atoms with Crippen molar-refractivity contribution in [3.8, 4) is 0 Å². The molecule has 6 heteroatoms. The van der Waals surface area contributed by atoms with Crippen LogP contribution in [-0.4, -0.2) is 25.0 Å². The maximum Gasteiger partial charge on any atom is 0.328 e. The van der Waals surface area contributed by atoms with Crippen LogP contribution in [-0.2, 0) is 14.3 Å². The Hall–Kier alpha value is -1.52. The Bertz CT molecular complexity index is 536. The zero-order chi connectivity index (χ0) is 16.0. The van der Waals surface area contributed by atoms with Gasteiger partial charge in [0, 0.05) is 21.7 Å². The van der Waals surface area contributed by atoms with Crippen molar-refractivity contribution in [3.63, 3.8) is 0 Å². The minimum absolute atomic E-state index is 0.0845. The molecule has 0 bridgehead atoms. The Morgan fingerprint density at radius 1 is 1.24 bits per heavy atom. The molecular weight excluding hydrogens is 313 g/mol. The molecule has 0 heterocycles. The molecule has 0 aliphatic heterocycles. The van der Waals surface area contributed by atoms with Gasteiger partial charge >= 0.3 is 5.97 Å². The number of hydrogen-bond donors (Lipinski definition) is 1. The SMILES string of the molecule is COC(=O)[C@H](NC(=O)/C=C\c1c(Cl)cccc1Cl)C(C)C. The average molecular weight is 330 g/mol. The standard InChI is InChI=1S/C15H17Cl2NO3/c1-9(2)14(15(20)21-3)18-13(19)8-7-10-11(16)5-4-6-12(10)17/h4-9,14H,1-3H3,(H,18,19)/b8-7-/t14-/m1/s1. The predicted octanol–water partition coefficient (Wildman–Crippen LogP) is 3.32. The van der Waals surface area contributed by atoms with Crippen molar-refractivity contribution in [2.45, 2.75) is 19.9 Å². The highest BCUT2D eigenvalue weighted by Crippen LogP contribution is 2.25. The van der Waals surface area contributed by atoms with Gasteiger partial charge in [-0.1, -0.05) is 43.1 Å². The van der Waals surface area contributed by atoms with E-state index in [9.17, 15) is 9.59 Å². The van der Waals surface area contributed by atoms with Gasteiger partial charge in [0.05, 0.1) is 7.11 Å². The molecule has 1 aromatic rings. The van der Waals surface area contributed by atoms with E-state index in [1.807, 2.05) is 13.8 Å². The van der Waals surface area contributed by atoms with Crippen LogP contribution in [0.5, 0.6) is 0 Å². The van der Waals surface area contributed by atoms with E-state index >= 15 is 0 Å². The largest absolute Gasteiger partial charge is 0.467 e. The van der Waals surface area contributed by atoms with Gasteiger partial charge in [0.2, 0.25) is 5.91 Å². The zero-order valence-corrected chi connectivity index (χ0v) is 13.5. The fourth-order valence-corrected chi connectivity index (χ4v) is 2.18. The second-order valence-corrected chi connectivity index (χ2v) is 5.54. The third-order valence-electron chi connectivity index (χ3n) is 2.82. The number of carbonyl (C=O) groups excluding carboxylic acids is 2. The van der Waals surface area contributed by atoms with E-state index in [1.165, 1.54) is 19.3 Å². The summed E-state index contributed by atoms with van der Waals surface area (Å²) in [6, 6.07) is 4.37. The molecule has 0 unspecified atom stereocenters. The Labute approximate surface area is 134 Å². The first-order valence-electron chi connectivity index (χ1n) is 6.37. The lowest BCUT2D eigenvalue weighted by atomic mass is 10.0. The molecule has 0 spiro atoms. The Kier molecular flexibility index (Phi) is 6.72. The summed E-state index contributed by atoms with van der Waals surface area (Å²) in [6.07, 6.45) is 2.79. The minimum atomic E-state index is -0.700. The molecule has 1 aromatic carbocycles. The van der Waals surface area contributed by atoms with Gasteiger partial charge in [-0.05, 0) is 24.1 Å². The molecule has 1 rings (SSSR count). The lowest BCUT2D eigenvalue weighted by molar-refractivity contribution is -0.145. The number of hydrogen-bond acceptors (Lipinski definition) is 3. The van der Waals surface area contributed by atoms with Crippen molar-refractivity contribution in [1.29, 1.82) is 0 Å². The van der Waals surface area contributed by atoms with E-state index in [-0.39, 0.29) is 5.92 Å². The zero-order valence-electron chi connectivity index (χ0n) is 12.0. The van der Waals surface area contributed by atoms with Crippen LogP contribution in [0.1, 0.15) is 19.4 Å². The van der Waals surface area contributed by atoms with E-state index in [0.717, 1.165) is 0 Å². The van der Waals surface area contributed by atoms with E-state index < -0.39 is 17.9 Å². The number of carbonyl (C=O) groups is 2. The number of amides is 1. The third-order valence-corrected chi connectivity index (χ3v) is 3.48. The molecule has 4 nitrogen and oxygen atoms in total. The molecule has 1 atom stereocenters. The monoisotopic (exact) mass is 329 g/mol. The van der Waals surface area contributed by atoms with Crippen LogP contribution in [0.4, 0.5) is 0 Å². The van der Waals surface area contributed by atoms with Gasteiger partial charge in [0.25, 0.3) is 0 Å². The highest BCUT2D eigenvalue weighted by atomic mass is 35.5. The molecular formula is C15H17Cl2NO3. The highest BCUT2D eigenvalue weighted by Gasteiger charge is 2.23. The van der Waals surface area contributed by atoms with Crippen LogP contribution in [0.15, 0.2) is 24.3 Å². The average Bonchev–Trinajstić information content (AvgIpc) is 2.43. The summed E-state index contributed by atoms with van der Waals surface area (Å²) in [6.45, 7) is 3.63. The number of ether oxygens (including phenoxy) is 1. The van der Waals surface area contributed by atoms with Crippen LogP contribution in [0.2, 0.25) is 10.0 Å². The molecule has 21 heavy (non-hydrogen) atoms. The van der Waals surface area contributed by atoms with Gasteiger partial charge in [-0.15, -0.1) is 0 Å². The Balaban J connectivity index is 2.81. The van der Waals surface area contributed by atoms with E-state index in [1.54, 1.807) is 18.2 Å². The predicted molar refractivity (Wildman–Crippen MR) is 84.3 cm³/mol. The molecule has 0 saturated heterocycles. The van der Waals surface area contributed by atoms with Gasteiger partial charge in [-0.25, -0.2) is 4.79 Å². The second kappa shape index (κ2) is 8.05. The first kappa shape index (κ1) is 17.5. The number of benzene rings is 1. The van der Waals surface area contributed by atoms with Gasteiger partial charge in [-0.2, -0.15) is 0 Å². The number of esters is 1. The summed E-state index contributed by atoms with van der Waals surface area (Å²) < 4.78 is 4.66. The Morgan fingerprint density at radius 3 is 2.29 bits per heavy atom. The third kappa shape index (κ3) is 5.06. The van der Waals surface area contributed by atoms with Crippen LogP contribution in [0, 0.1) is 5.92 Å². The molecule has 114 valence electrons. The summed E-state index contributed by atoms with van der Waals surface area (Å²) in [4.78, 5) is 23.5. The van der Waals surface area contributed by atoms with Gasteiger partial charge < -0.3 is 10.1 Å². The molecule has 0 fully saturated rings. The number of nitrogens with one attached hydrogen (secondary N) is 1. The van der Waals surface area contributed by atoms with Gasteiger partial charge in [-0.3, -0.25) is 4.79 Å². The number of halogens is 2. The number of methoxy groups -OCH3 is 1. The summed E-state index contributed by atoms with van der Waals surface area (Å²) in [5, 5.41) is 3.48. The van der Waals surface area contributed by atoms with Crippen molar-refractivity contribution in [2.75, 3.05) is 7.11 Å². The molecule has 0 radical (unpaired) electrons. The van der Waals surface area contributed by atoms with Gasteiger partial charge in [0.1, 0.15) is 6.04 Å². The number of rotatable bonds is 5. The fraction of sp³-hybridized carbons (Fsp3) is 0.333. The first-order valence-corrected chi connectivity index (χ1v) is 7.12. The van der Waals surface area contributed by atoms with Crippen LogP contribution in [0.25, 0.3) is 6.08 Å². The fourth-order valence-electron chi connectivity index (χ4n) is 1.66. The van der Waals surface area contributed by atoms with Crippen LogP contribution < -0.4 is 5.32 Å². The first-order chi connectivity index (χ1) is 9.86.